The van der Waals surface area contributed by atoms with E-state index >= 15 is 0 Å². The molecule has 3 nitrogen and oxygen atoms in total. The van der Waals surface area contributed by atoms with Gasteiger partial charge in [-0.3, -0.25) is 4.79 Å². The molecule has 0 aliphatic heterocycles. The van der Waals surface area contributed by atoms with Crippen LogP contribution in [0.25, 0.3) is 0 Å². The highest BCUT2D eigenvalue weighted by molar-refractivity contribution is 5.90. The van der Waals surface area contributed by atoms with Gasteiger partial charge in [0.2, 0.25) is 0 Å². The van der Waals surface area contributed by atoms with Gasteiger partial charge in [0, 0.05) is 12.5 Å². The summed E-state index contributed by atoms with van der Waals surface area (Å²) in [5.74, 6) is -0.970. The summed E-state index contributed by atoms with van der Waals surface area (Å²) in [6.07, 6.45) is 7.58. The summed E-state index contributed by atoms with van der Waals surface area (Å²) in [6.45, 7) is 2.02. The summed E-state index contributed by atoms with van der Waals surface area (Å²) in [7, 11) is 0. The molecule has 0 saturated heterocycles. The first-order valence-electron chi connectivity index (χ1n) is 4.27. The first-order valence-corrected chi connectivity index (χ1v) is 4.27. The molecule has 0 heterocycles. The van der Waals surface area contributed by atoms with Crippen LogP contribution in [0, 0.1) is 0 Å². The number of hydrogen-bond acceptors (Lipinski definition) is 2. The van der Waals surface area contributed by atoms with Crippen molar-refractivity contribution in [3.63, 3.8) is 0 Å². The normalized spacial score (nSPS) is 11.2. The second kappa shape index (κ2) is 7.28. The average Bonchev–Trinajstić information content (AvgIpc) is 2.08. The molecule has 0 radical (unpaired) electrons. The minimum Gasteiger partial charge on any atom is -0.478 e. The first kappa shape index (κ1) is 11.6. The number of aliphatic carboxylic acids is 1. The van der Waals surface area contributed by atoms with Gasteiger partial charge >= 0.3 is 5.97 Å². The molecule has 0 spiro atoms. The minimum atomic E-state index is -1.01. The lowest BCUT2D eigenvalue weighted by Crippen LogP contribution is -1.90. The van der Waals surface area contributed by atoms with E-state index in [9.17, 15) is 9.59 Å². The van der Waals surface area contributed by atoms with Gasteiger partial charge in [-0.2, -0.15) is 0 Å². The highest BCUT2D eigenvalue weighted by atomic mass is 16.4. The van der Waals surface area contributed by atoms with E-state index < -0.39 is 5.97 Å². The molecule has 0 aliphatic carbocycles. The van der Waals surface area contributed by atoms with E-state index in [1.165, 1.54) is 18.2 Å². The van der Waals surface area contributed by atoms with Crippen LogP contribution in [0.15, 0.2) is 24.3 Å². The maximum atomic E-state index is 11.0. The standard InChI is InChI=1S/C10H14O3/c1-2-3-6-9(11)7-4-5-8-10(12)13/h4-5,7-8H,2-3,6H2,1H3,(H,12,13). The molecule has 0 aromatic rings. The summed E-state index contributed by atoms with van der Waals surface area (Å²) in [5, 5.41) is 8.21. The molecule has 0 fully saturated rings. The summed E-state index contributed by atoms with van der Waals surface area (Å²) >= 11 is 0. The number of unbranched alkanes of at least 4 members (excludes halogenated alkanes) is 1. The van der Waals surface area contributed by atoms with Crippen LogP contribution in [0.5, 0.6) is 0 Å². The van der Waals surface area contributed by atoms with E-state index in [1.807, 2.05) is 6.92 Å². The molecule has 0 saturated carbocycles. The third-order valence-electron chi connectivity index (χ3n) is 1.41. The third-order valence-corrected chi connectivity index (χ3v) is 1.41. The number of allylic oxidation sites excluding steroid dienone is 3. The van der Waals surface area contributed by atoms with Gasteiger partial charge in [0.15, 0.2) is 5.78 Å². The topological polar surface area (TPSA) is 54.4 Å². The smallest absolute Gasteiger partial charge is 0.328 e. The zero-order valence-corrected chi connectivity index (χ0v) is 7.69. The zero-order valence-electron chi connectivity index (χ0n) is 7.69. The molecule has 0 aliphatic rings. The van der Waals surface area contributed by atoms with Crippen LogP contribution in [-0.4, -0.2) is 16.9 Å². The highest BCUT2D eigenvalue weighted by Gasteiger charge is 1.92. The van der Waals surface area contributed by atoms with Gasteiger partial charge in [0.05, 0.1) is 0 Å². The molecule has 0 rings (SSSR count). The van der Waals surface area contributed by atoms with Gasteiger partial charge in [0.1, 0.15) is 0 Å². The number of rotatable bonds is 6. The van der Waals surface area contributed by atoms with Gasteiger partial charge in [-0.05, 0) is 12.5 Å². The van der Waals surface area contributed by atoms with E-state index in [0.29, 0.717) is 6.42 Å². The van der Waals surface area contributed by atoms with Crippen molar-refractivity contribution in [1.29, 1.82) is 0 Å². The van der Waals surface area contributed by atoms with Crippen molar-refractivity contribution in [1.82, 2.24) is 0 Å². The van der Waals surface area contributed by atoms with Gasteiger partial charge in [-0.1, -0.05) is 25.5 Å². The molecule has 3 heteroatoms. The molecule has 0 bridgehead atoms. The Morgan fingerprint density at radius 1 is 1.23 bits per heavy atom. The lowest BCUT2D eigenvalue weighted by Gasteiger charge is -1.89. The largest absolute Gasteiger partial charge is 0.478 e. The van der Waals surface area contributed by atoms with Crippen LogP contribution in [0.1, 0.15) is 26.2 Å². The predicted molar refractivity (Wildman–Crippen MR) is 50.4 cm³/mol. The summed E-state index contributed by atoms with van der Waals surface area (Å²) < 4.78 is 0. The van der Waals surface area contributed by atoms with Crippen LogP contribution in [0.2, 0.25) is 0 Å². The fourth-order valence-electron chi connectivity index (χ4n) is 0.735. The molecule has 0 unspecified atom stereocenters. The Balaban J connectivity index is 3.71. The zero-order chi connectivity index (χ0) is 10.1. The second-order valence-electron chi connectivity index (χ2n) is 2.63. The highest BCUT2D eigenvalue weighted by Crippen LogP contribution is 1.96. The fourth-order valence-corrected chi connectivity index (χ4v) is 0.735. The quantitative estimate of drug-likeness (QED) is 0.504. The van der Waals surface area contributed by atoms with Crippen LogP contribution in [-0.2, 0) is 9.59 Å². The molecule has 0 aromatic carbocycles. The fraction of sp³-hybridized carbons (Fsp3) is 0.400. The molecule has 72 valence electrons. The summed E-state index contributed by atoms with van der Waals surface area (Å²) in [6, 6.07) is 0. The SMILES string of the molecule is CCCCC(=O)C=CC=CC(=O)O. The van der Waals surface area contributed by atoms with Crippen molar-refractivity contribution in [2.24, 2.45) is 0 Å². The lowest BCUT2D eigenvalue weighted by molar-refractivity contribution is -0.131. The summed E-state index contributed by atoms with van der Waals surface area (Å²) in [4.78, 5) is 21.0. The van der Waals surface area contributed by atoms with Crippen LogP contribution in [0.3, 0.4) is 0 Å². The maximum absolute atomic E-state index is 11.0. The van der Waals surface area contributed by atoms with E-state index in [-0.39, 0.29) is 5.78 Å². The molecule has 1 N–H and O–H groups in total. The summed E-state index contributed by atoms with van der Waals surface area (Å²) in [5.41, 5.74) is 0. The maximum Gasteiger partial charge on any atom is 0.328 e. The Hall–Kier alpha value is -1.38. The van der Waals surface area contributed by atoms with Gasteiger partial charge in [0.25, 0.3) is 0 Å². The number of carbonyl (C=O) groups is 2. The Labute approximate surface area is 77.8 Å². The minimum absolute atomic E-state index is 0.0388. The second-order valence-corrected chi connectivity index (χ2v) is 2.63. The van der Waals surface area contributed by atoms with Crippen LogP contribution in [0.4, 0.5) is 0 Å². The molecule has 0 atom stereocenters. The predicted octanol–water partition coefficient (Wildman–Crippen LogP) is 1.94. The number of carbonyl (C=O) groups excluding carboxylic acids is 1. The molecule has 0 aromatic heterocycles. The van der Waals surface area contributed by atoms with E-state index in [0.717, 1.165) is 18.9 Å². The van der Waals surface area contributed by atoms with Crippen LogP contribution < -0.4 is 0 Å². The number of carboxylic acids is 1. The van der Waals surface area contributed by atoms with Crippen molar-refractivity contribution < 1.29 is 14.7 Å². The number of hydrogen-bond donors (Lipinski definition) is 1. The number of ketones is 1. The Bertz CT molecular complexity index is 226. The van der Waals surface area contributed by atoms with Crippen molar-refractivity contribution in [2.75, 3.05) is 0 Å². The van der Waals surface area contributed by atoms with Crippen LogP contribution >= 0.6 is 0 Å². The van der Waals surface area contributed by atoms with Crippen molar-refractivity contribution >= 4 is 11.8 Å². The number of carboxylic acid groups (broad SMARTS) is 1. The van der Waals surface area contributed by atoms with Gasteiger partial charge in [-0.25, -0.2) is 4.79 Å². The molecular weight excluding hydrogens is 168 g/mol. The van der Waals surface area contributed by atoms with Crippen molar-refractivity contribution in [3.8, 4) is 0 Å². The van der Waals surface area contributed by atoms with Crippen molar-refractivity contribution in [3.05, 3.63) is 24.3 Å². The molecule has 0 amide bonds. The Morgan fingerprint density at radius 2 is 1.85 bits per heavy atom. The van der Waals surface area contributed by atoms with E-state index in [4.69, 9.17) is 5.11 Å². The molecular formula is C10H14O3. The Morgan fingerprint density at radius 3 is 2.38 bits per heavy atom. The third kappa shape index (κ3) is 8.53. The van der Waals surface area contributed by atoms with E-state index in [2.05, 4.69) is 0 Å². The first-order chi connectivity index (χ1) is 6.16. The van der Waals surface area contributed by atoms with E-state index in [1.54, 1.807) is 0 Å². The van der Waals surface area contributed by atoms with Gasteiger partial charge in [-0.15, -0.1) is 0 Å². The monoisotopic (exact) mass is 182 g/mol. The average molecular weight is 182 g/mol. The Kier molecular flexibility index (Phi) is 6.51. The van der Waals surface area contributed by atoms with Crippen molar-refractivity contribution in [2.45, 2.75) is 26.2 Å². The van der Waals surface area contributed by atoms with Gasteiger partial charge < -0.3 is 5.11 Å². The molecule has 13 heavy (non-hydrogen) atoms. The lowest BCUT2D eigenvalue weighted by atomic mass is 10.2.